The normalized spacial score (nSPS) is 18.6. The van der Waals surface area contributed by atoms with Crippen LogP contribution in [0, 0.1) is 0 Å². The van der Waals surface area contributed by atoms with Crippen molar-refractivity contribution >= 4 is 28.8 Å². The second-order valence-corrected chi connectivity index (χ2v) is 11.4. The summed E-state index contributed by atoms with van der Waals surface area (Å²) < 4.78 is 5.52. The second kappa shape index (κ2) is 12.4. The molecule has 1 amide bonds. The van der Waals surface area contributed by atoms with E-state index in [0.29, 0.717) is 24.6 Å². The van der Waals surface area contributed by atoms with E-state index in [-0.39, 0.29) is 12.1 Å². The molecule has 38 heavy (non-hydrogen) atoms. The number of ether oxygens (including phenoxy) is 1. The summed E-state index contributed by atoms with van der Waals surface area (Å²) in [5, 5.41) is 11.4. The molecule has 1 atom stereocenters. The van der Waals surface area contributed by atoms with Crippen molar-refractivity contribution in [1.29, 1.82) is 0 Å². The van der Waals surface area contributed by atoms with E-state index < -0.39 is 5.60 Å². The third kappa shape index (κ3) is 8.05. The Morgan fingerprint density at radius 2 is 1.63 bits per heavy atom. The predicted octanol–water partition coefficient (Wildman–Crippen LogP) is 5.14. The fourth-order valence-electron chi connectivity index (χ4n) is 4.95. The van der Waals surface area contributed by atoms with Gasteiger partial charge in [0.25, 0.3) is 0 Å². The molecule has 8 nitrogen and oxygen atoms in total. The first-order chi connectivity index (χ1) is 18.2. The third-order valence-corrected chi connectivity index (χ3v) is 6.77. The van der Waals surface area contributed by atoms with Crippen LogP contribution < -0.4 is 20.9 Å². The van der Waals surface area contributed by atoms with Crippen LogP contribution >= 0.6 is 0 Å². The zero-order valence-corrected chi connectivity index (χ0v) is 23.3. The maximum atomic E-state index is 12.5. The van der Waals surface area contributed by atoms with Crippen molar-refractivity contribution in [3.8, 4) is 0 Å². The lowest BCUT2D eigenvalue weighted by molar-refractivity contribution is 0.0502. The smallest absolute Gasteiger partial charge is 0.407 e. The van der Waals surface area contributed by atoms with Crippen LogP contribution in [-0.2, 0) is 11.2 Å². The monoisotopic (exact) mass is 518 g/mol. The van der Waals surface area contributed by atoms with Crippen molar-refractivity contribution in [2.24, 2.45) is 0 Å². The standard InChI is InChI=1S/C30H42N6O2/c1-30(2,3)38-29(37)33-24(19-21-11-7-6-8-12-21)20-31-22-15-17-23(18-16-22)32-28-34-26-14-10-9-13-25(26)27(35-28)36(4)5/h6-14,22-24,31H,15-20H2,1-5H3,(H,33,37)(H,32,34,35)/t22-,23+,24?. The molecule has 0 saturated heterocycles. The number of para-hydroxylation sites is 1. The Kier molecular flexibility index (Phi) is 9.05. The fourth-order valence-corrected chi connectivity index (χ4v) is 4.95. The van der Waals surface area contributed by atoms with Crippen LogP contribution in [0.1, 0.15) is 52.0 Å². The summed E-state index contributed by atoms with van der Waals surface area (Å²) in [6, 6.07) is 19.1. The van der Waals surface area contributed by atoms with Crippen molar-refractivity contribution in [3.63, 3.8) is 0 Å². The van der Waals surface area contributed by atoms with Crippen LogP contribution in [0.4, 0.5) is 16.6 Å². The summed E-state index contributed by atoms with van der Waals surface area (Å²) in [6.45, 7) is 6.34. The molecule has 4 rings (SSSR count). The Morgan fingerprint density at radius 1 is 0.974 bits per heavy atom. The van der Waals surface area contributed by atoms with Gasteiger partial charge >= 0.3 is 6.09 Å². The van der Waals surface area contributed by atoms with Crippen LogP contribution in [0.5, 0.6) is 0 Å². The maximum Gasteiger partial charge on any atom is 0.407 e. The van der Waals surface area contributed by atoms with Crippen LogP contribution in [0.2, 0.25) is 0 Å². The van der Waals surface area contributed by atoms with Crippen LogP contribution in [0.25, 0.3) is 10.9 Å². The predicted molar refractivity (Wildman–Crippen MR) is 155 cm³/mol. The van der Waals surface area contributed by atoms with Gasteiger partial charge < -0.3 is 25.6 Å². The first-order valence-corrected chi connectivity index (χ1v) is 13.6. The number of benzene rings is 2. The van der Waals surface area contributed by atoms with E-state index in [1.165, 1.54) is 5.56 Å². The van der Waals surface area contributed by atoms with E-state index in [2.05, 4.69) is 34.1 Å². The lowest BCUT2D eigenvalue weighted by Crippen LogP contribution is -2.48. The number of hydrogen-bond donors (Lipinski definition) is 3. The van der Waals surface area contributed by atoms with E-state index in [9.17, 15) is 4.79 Å². The zero-order valence-electron chi connectivity index (χ0n) is 23.3. The van der Waals surface area contributed by atoms with Crippen LogP contribution in [0.15, 0.2) is 54.6 Å². The highest BCUT2D eigenvalue weighted by Gasteiger charge is 2.24. The van der Waals surface area contributed by atoms with Crippen molar-refractivity contribution in [2.75, 3.05) is 30.9 Å². The van der Waals surface area contributed by atoms with Gasteiger partial charge in [0.1, 0.15) is 11.4 Å². The molecule has 1 fully saturated rings. The number of amides is 1. The van der Waals surface area contributed by atoms with E-state index >= 15 is 0 Å². The van der Waals surface area contributed by atoms with Gasteiger partial charge in [-0.3, -0.25) is 0 Å². The number of alkyl carbamates (subject to hydrolysis) is 1. The van der Waals surface area contributed by atoms with Gasteiger partial charge in [0.15, 0.2) is 0 Å². The molecule has 1 aromatic heterocycles. The highest BCUT2D eigenvalue weighted by Crippen LogP contribution is 2.26. The Balaban J connectivity index is 1.31. The summed E-state index contributed by atoms with van der Waals surface area (Å²) in [6.07, 6.45) is 4.55. The highest BCUT2D eigenvalue weighted by atomic mass is 16.6. The SMILES string of the molecule is CN(C)c1nc(N[C@H]2CC[C@@H](NCC(Cc3ccccc3)NC(=O)OC(C)(C)C)CC2)nc2ccccc12. The van der Waals surface area contributed by atoms with Crippen molar-refractivity contribution < 1.29 is 9.53 Å². The molecular weight excluding hydrogens is 476 g/mol. The van der Waals surface area contributed by atoms with Crippen molar-refractivity contribution in [3.05, 3.63) is 60.2 Å². The van der Waals surface area contributed by atoms with E-state index in [4.69, 9.17) is 14.7 Å². The van der Waals surface area contributed by atoms with Gasteiger partial charge in [0, 0.05) is 44.2 Å². The van der Waals surface area contributed by atoms with Gasteiger partial charge in [-0.2, -0.15) is 4.98 Å². The lowest BCUT2D eigenvalue weighted by Gasteiger charge is -2.31. The van der Waals surface area contributed by atoms with Gasteiger partial charge in [0.2, 0.25) is 5.95 Å². The first kappa shape index (κ1) is 27.6. The molecule has 204 valence electrons. The Labute approximate surface area is 226 Å². The molecule has 1 unspecified atom stereocenters. The molecule has 0 bridgehead atoms. The number of nitrogens with one attached hydrogen (secondary N) is 3. The van der Waals surface area contributed by atoms with Gasteiger partial charge in [-0.05, 0) is 70.6 Å². The number of carbonyl (C=O) groups excluding carboxylic acids is 1. The molecule has 0 spiro atoms. The number of aromatic nitrogens is 2. The molecule has 1 saturated carbocycles. The summed E-state index contributed by atoms with van der Waals surface area (Å²) in [7, 11) is 4.02. The third-order valence-electron chi connectivity index (χ3n) is 6.77. The average molecular weight is 519 g/mol. The first-order valence-electron chi connectivity index (χ1n) is 13.6. The topological polar surface area (TPSA) is 91.4 Å². The van der Waals surface area contributed by atoms with Gasteiger partial charge in [-0.1, -0.05) is 42.5 Å². The van der Waals surface area contributed by atoms with Gasteiger partial charge in [0.05, 0.1) is 5.52 Å². The van der Waals surface area contributed by atoms with Crippen LogP contribution in [-0.4, -0.2) is 60.4 Å². The number of fused-ring (bicyclic) bond motifs is 1. The number of nitrogens with zero attached hydrogens (tertiary/aromatic N) is 3. The molecule has 0 aliphatic heterocycles. The maximum absolute atomic E-state index is 12.5. The van der Waals surface area contributed by atoms with E-state index in [1.807, 2.05) is 76.2 Å². The number of carbonyl (C=O) groups is 1. The lowest BCUT2D eigenvalue weighted by atomic mass is 9.91. The molecular formula is C30H42N6O2. The van der Waals surface area contributed by atoms with Crippen molar-refractivity contribution in [1.82, 2.24) is 20.6 Å². The minimum atomic E-state index is -0.526. The molecule has 8 heteroatoms. The zero-order chi connectivity index (χ0) is 27.1. The summed E-state index contributed by atoms with van der Waals surface area (Å²) >= 11 is 0. The summed E-state index contributed by atoms with van der Waals surface area (Å²) in [5.41, 5.74) is 1.61. The molecule has 3 N–H and O–H groups in total. The molecule has 3 aromatic rings. The van der Waals surface area contributed by atoms with Gasteiger partial charge in [-0.15, -0.1) is 0 Å². The summed E-state index contributed by atoms with van der Waals surface area (Å²) in [5.74, 6) is 1.61. The second-order valence-electron chi connectivity index (χ2n) is 11.4. The van der Waals surface area contributed by atoms with E-state index in [0.717, 1.165) is 48.8 Å². The Hall–Kier alpha value is -3.39. The van der Waals surface area contributed by atoms with Crippen LogP contribution in [0.3, 0.4) is 0 Å². The largest absolute Gasteiger partial charge is 0.444 e. The summed E-state index contributed by atoms with van der Waals surface area (Å²) in [4.78, 5) is 24.1. The molecule has 2 aromatic carbocycles. The van der Waals surface area contributed by atoms with Crippen molar-refractivity contribution in [2.45, 2.75) is 76.6 Å². The average Bonchev–Trinajstić information content (AvgIpc) is 2.87. The number of hydrogen-bond acceptors (Lipinski definition) is 7. The molecule has 1 aliphatic rings. The van der Waals surface area contributed by atoms with E-state index in [1.54, 1.807) is 0 Å². The minimum absolute atomic E-state index is 0.0569. The number of rotatable bonds is 9. The quantitative estimate of drug-likeness (QED) is 0.361. The molecule has 1 heterocycles. The van der Waals surface area contributed by atoms with Gasteiger partial charge in [-0.25, -0.2) is 9.78 Å². The number of anilines is 2. The molecule has 1 aliphatic carbocycles. The Morgan fingerprint density at radius 3 is 2.32 bits per heavy atom. The highest BCUT2D eigenvalue weighted by molar-refractivity contribution is 5.90. The Bertz CT molecular complexity index is 1190. The molecule has 0 radical (unpaired) electrons. The minimum Gasteiger partial charge on any atom is -0.444 e. The fraction of sp³-hybridized carbons (Fsp3) is 0.500.